The summed E-state index contributed by atoms with van der Waals surface area (Å²) in [6.45, 7) is 28.1. The van der Waals surface area contributed by atoms with Crippen LogP contribution >= 0.6 is 0 Å². The highest BCUT2D eigenvalue weighted by Crippen LogP contribution is 2.76. The van der Waals surface area contributed by atoms with E-state index in [-0.39, 0.29) is 51.6 Å². The van der Waals surface area contributed by atoms with Gasteiger partial charge < -0.3 is 25.1 Å². The van der Waals surface area contributed by atoms with Gasteiger partial charge in [0, 0.05) is 19.7 Å². The zero-order chi connectivity index (χ0) is 42.8. The molecule has 0 saturated heterocycles. The van der Waals surface area contributed by atoms with Crippen LogP contribution in [0.2, 0.25) is 0 Å². The predicted octanol–water partition coefficient (Wildman–Crippen LogP) is 10.8. The summed E-state index contributed by atoms with van der Waals surface area (Å²) >= 11 is 0. The van der Waals surface area contributed by atoms with Crippen LogP contribution in [-0.4, -0.2) is 53.0 Å². The number of hydrogen-bond donors (Lipinski definition) is 3. The summed E-state index contributed by atoms with van der Waals surface area (Å²) in [6.07, 6.45) is 18.1. The van der Waals surface area contributed by atoms with Crippen LogP contribution in [0.1, 0.15) is 169 Å². The van der Waals surface area contributed by atoms with Crippen LogP contribution in [0, 0.1) is 56.2 Å². The number of rotatable bonds is 6. The van der Waals surface area contributed by atoms with Gasteiger partial charge in [-0.05, 0) is 134 Å². The molecule has 9 atom stereocenters. The van der Waals surface area contributed by atoms with Crippen molar-refractivity contribution in [1.82, 2.24) is 10.3 Å². The molecular formula is C47H78N2O7. The van der Waals surface area contributed by atoms with Crippen molar-refractivity contribution in [3.05, 3.63) is 42.2 Å². The second-order valence-corrected chi connectivity index (χ2v) is 19.3. The maximum absolute atomic E-state index is 14.1. The Kier molecular flexibility index (Phi) is 17.6. The van der Waals surface area contributed by atoms with Crippen LogP contribution in [0.4, 0.5) is 0 Å². The molecule has 56 heavy (non-hydrogen) atoms. The van der Waals surface area contributed by atoms with Gasteiger partial charge in [-0.2, -0.15) is 0 Å². The molecule has 0 bridgehead atoms. The number of amides is 1. The summed E-state index contributed by atoms with van der Waals surface area (Å²) in [4.78, 5) is 48.2. The number of fused-ring (bicyclic) bond motifs is 7. The van der Waals surface area contributed by atoms with E-state index in [2.05, 4.69) is 51.5 Å². The number of carboxylic acids is 1. The second kappa shape index (κ2) is 20.1. The van der Waals surface area contributed by atoms with Gasteiger partial charge in [-0.15, -0.1) is 6.58 Å². The van der Waals surface area contributed by atoms with Crippen LogP contribution in [-0.2, 0) is 25.7 Å². The average molecular weight is 783 g/mol. The number of carbonyl (C=O) groups excluding carboxylic acids is 2. The molecule has 0 aliphatic heterocycles. The first kappa shape index (κ1) is 49.1. The summed E-state index contributed by atoms with van der Waals surface area (Å²) in [5.41, 5.74) is 1.51. The third kappa shape index (κ3) is 9.61. The second-order valence-electron chi connectivity index (χ2n) is 19.3. The van der Waals surface area contributed by atoms with E-state index in [1.54, 1.807) is 24.4 Å². The minimum atomic E-state index is -1.000. The molecule has 1 aromatic rings. The number of hydrogen-bond acceptors (Lipinski definition) is 6. The Balaban J connectivity index is 0.000000624. The van der Waals surface area contributed by atoms with Gasteiger partial charge in [-0.25, -0.2) is 4.79 Å². The van der Waals surface area contributed by atoms with Crippen LogP contribution in [0.3, 0.4) is 0 Å². The topological polar surface area (TPSA) is 143 Å². The molecule has 0 radical (unpaired) electrons. The molecule has 5 saturated carbocycles. The van der Waals surface area contributed by atoms with Gasteiger partial charge in [0.15, 0.2) is 0 Å². The van der Waals surface area contributed by atoms with Crippen molar-refractivity contribution in [3.8, 4) is 0 Å². The summed E-state index contributed by atoms with van der Waals surface area (Å²) < 4.78 is 6.04. The SMILES string of the molecule is C=CC.CC.CC(C)(C)CC=O.COC1CCC2(C)C(CCC3(C)C2CCC2C4CCCC4(C(=O)NCc4ncccc4C(=O)O)CC[C@]23C)C1(C)C.O=CO. The number of carbonyl (C=O) groups is 4. The molecule has 3 N–H and O–H groups in total. The molecule has 5 aliphatic rings. The molecule has 1 amide bonds. The molecule has 1 heterocycles. The zero-order valence-corrected chi connectivity index (χ0v) is 37.1. The number of aldehydes is 1. The van der Waals surface area contributed by atoms with E-state index in [1.165, 1.54) is 32.1 Å². The standard InChI is InChI=1S/C35H52N2O4.C6H12O.C3H6.C2H6.CH2O2/c1-31(2)26-13-17-34(5)27(32(26,3)16-14-28(31)41-6)12-11-23-24-10-7-15-35(24,19-18-33(23,34)4)30(40)37-21-25-22(29(38)39)9-8-20-36-25;1-6(2,3)4-5-7;1-3-2;1-2;2-1-3/h8-9,20,23-24,26-28H,7,10-19,21H2,1-6H3,(H,37,40)(H,38,39);5H,4H2,1-3H3;3H,1H2,2H3;1-2H3;1H,(H,2,3)/t23?,24?,26?,27?,28?,32?,33-,34?,35?;;;;/m1..../s1. The van der Waals surface area contributed by atoms with E-state index in [0.29, 0.717) is 47.3 Å². The van der Waals surface area contributed by atoms with Gasteiger partial charge >= 0.3 is 5.97 Å². The lowest BCUT2D eigenvalue weighted by molar-refractivity contribution is -0.246. The molecule has 318 valence electrons. The van der Waals surface area contributed by atoms with Crippen molar-refractivity contribution < 1.29 is 34.1 Å². The van der Waals surface area contributed by atoms with Gasteiger partial charge in [-0.3, -0.25) is 14.6 Å². The van der Waals surface area contributed by atoms with Crippen LogP contribution < -0.4 is 5.32 Å². The number of pyridine rings is 1. The number of allylic oxidation sites excluding steroid dienone is 1. The van der Waals surface area contributed by atoms with Gasteiger partial charge in [0.05, 0.1) is 29.3 Å². The molecule has 1 aromatic heterocycles. The number of nitrogens with one attached hydrogen (secondary N) is 1. The van der Waals surface area contributed by atoms with Gasteiger partial charge in [0.1, 0.15) is 6.29 Å². The van der Waals surface area contributed by atoms with E-state index in [4.69, 9.17) is 14.6 Å². The Bertz CT molecular complexity index is 1460. The molecule has 9 heteroatoms. The molecule has 6 rings (SSSR count). The smallest absolute Gasteiger partial charge is 0.337 e. The van der Waals surface area contributed by atoms with E-state index in [1.807, 2.05) is 48.7 Å². The monoisotopic (exact) mass is 783 g/mol. The zero-order valence-electron chi connectivity index (χ0n) is 37.1. The highest BCUT2D eigenvalue weighted by molar-refractivity contribution is 5.89. The largest absolute Gasteiger partial charge is 0.483 e. The maximum atomic E-state index is 14.1. The summed E-state index contributed by atoms with van der Waals surface area (Å²) in [6, 6.07) is 3.20. The van der Waals surface area contributed by atoms with Crippen LogP contribution in [0.15, 0.2) is 31.0 Å². The highest BCUT2D eigenvalue weighted by Gasteiger charge is 2.70. The summed E-state index contributed by atoms with van der Waals surface area (Å²) in [7, 11) is 1.90. The first-order chi connectivity index (χ1) is 26.2. The van der Waals surface area contributed by atoms with Crippen LogP contribution in [0.25, 0.3) is 0 Å². The average Bonchev–Trinajstić information content (AvgIpc) is 3.58. The number of nitrogens with zero attached hydrogens (tertiary/aromatic N) is 1. The third-order valence-corrected chi connectivity index (χ3v) is 15.3. The van der Waals surface area contributed by atoms with E-state index in [9.17, 15) is 19.5 Å². The molecule has 0 spiro atoms. The highest BCUT2D eigenvalue weighted by atomic mass is 16.5. The number of carboxylic acid groups (broad SMARTS) is 2. The minimum Gasteiger partial charge on any atom is -0.483 e. The molecule has 5 fully saturated rings. The van der Waals surface area contributed by atoms with E-state index < -0.39 is 5.97 Å². The van der Waals surface area contributed by atoms with Crippen molar-refractivity contribution in [2.24, 2.45) is 56.2 Å². The van der Waals surface area contributed by atoms with Gasteiger partial charge in [0.2, 0.25) is 5.91 Å². The molecular weight excluding hydrogens is 705 g/mol. The van der Waals surface area contributed by atoms with E-state index >= 15 is 0 Å². The Morgan fingerprint density at radius 2 is 1.55 bits per heavy atom. The first-order valence-corrected chi connectivity index (χ1v) is 21.3. The van der Waals surface area contributed by atoms with Gasteiger partial charge in [0.25, 0.3) is 6.47 Å². The van der Waals surface area contributed by atoms with Crippen molar-refractivity contribution in [1.29, 1.82) is 0 Å². The van der Waals surface area contributed by atoms with Crippen LogP contribution in [0.5, 0.6) is 0 Å². The normalized spacial score (nSPS) is 34.6. The fourth-order valence-electron chi connectivity index (χ4n) is 12.7. The Labute approximate surface area is 339 Å². The lowest BCUT2D eigenvalue weighted by Gasteiger charge is -2.72. The number of ether oxygens (including phenoxy) is 1. The molecule has 9 nitrogen and oxygen atoms in total. The van der Waals surface area contributed by atoms with Gasteiger partial charge in [-0.1, -0.05) is 81.7 Å². The molecule has 0 aromatic carbocycles. The lowest BCUT2D eigenvalue weighted by Crippen LogP contribution is -2.67. The third-order valence-electron chi connectivity index (χ3n) is 15.3. The fourth-order valence-corrected chi connectivity index (χ4v) is 12.7. The Morgan fingerprint density at radius 3 is 2.09 bits per heavy atom. The number of aromatic nitrogens is 1. The Morgan fingerprint density at radius 1 is 0.929 bits per heavy atom. The lowest BCUT2D eigenvalue weighted by atomic mass is 9.32. The number of methoxy groups -OCH3 is 1. The minimum absolute atomic E-state index is 0.131. The van der Waals surface area contributed by atoms with E-state index in [0.717, 1.165) is 44.8 Å². The van der Waals surface area contributed by atoms with Crippen molar-refractivity contribution >= 4 is 24.6 Å². The molecule has 8 unspecified atom stereocenters. The number of aromatic carboxylic acids is 1. The summed E-state index contributed by atoms with van der Waals surface area (Å²) in [5.74, 6) is 1.51. The van der Waals surface area contributed by atoms with Crippen molar-refractivity contribution in [2.45, 2.75) is 166 Å². The molecule has 5 aliphatic carbocycles. The van der Waals surface area contributed by atoms with Crippen molar-refractivity contribution in [2.75, 3.05) is 7.11 Å². The summed E-state index contributed by atoms with van der Waals surface area (Å²) in [5, 5.41) is 19.7. The predicted molar refractivity (Wildman–Crippen MR) is 225 cm³/mol. The van der Waals surface area contributed by atoms with Crippen molar-refractivity contribution in [3.63, 3.8) is 0 Å². The fraction of sp³-hybridized carbons (Fsp3) is 0.766. The quantitative estimate of drug-likeness (QED) is 0.191. The first-order valence-electron chi connectivity index (χ1n) is 21.3. The Hall–Kier alpha value is -3.07. The maximum Gasteiger partial charge on any atom is 0.337 e.